The summed E-state index contributed by atoms with van der Waals surface area (Å²) in [5, 5.41) is 3.45. The van der Waals surface area contributed by atoms with E-state index in [0.717, 1.165) is 31.9 Å². The highest BCUT2D eigenvalue weighted by Crippen LogP contribution is 2.29. The van der Waals surface area contributed by atoms with Crippen LogP contribution < -0.4 is 10.1 Å². The molecule has 124 valence electrons. The molecule has 0 saturated carbocycles. The molecule has 0 radical (unpaired) electrons. The van der Waals surface area contributed by atoms with E-state index >= 15 is 0 Å². The predicted molar refractivity (Wildman–Crippen MR) is 93.5 cm³/mol. The summed E-state index contributed by atoms with van der Waals surface area (Å²) in [6.07, 6.45) is 3.79. The van der Waals surface area contributed by atoms with Crippen molar-refractivity contribution in [3.05, 3.63) is 29.8 Å². The van der Waals surface area contributed by atoms with E-state index in [-0.39, 0.29) is 5.60 Å². The molecule has 1 fully saturated rings. The topological polar surface area (TPSA) is 24.5 Å². The lowest BCUT2D eigenvalue weighted by Gasteiger charge is -2.35. The van der Waals surface area contributed by atoms with Crippen LogP contribution in [0.2, 0.25) is 0 Å². The van der Waals surface area contributed by atoms with Gasteiger partial charge in [-0.3, -0.25) is 4.90 Å². The van der Waals surface area contributed by atoms with Crippen molar-refractivity contribution in [3.63, 3.8) is 0 Å². The SMILES string of the molecule is CCCC[C@@H](c1ccc(OC(C)(C)C)cc1)N1CCNCC1. The second kappa shape index (κ2) is 7.98. The van der Waals surface area contributed by atoms with E-state index in [2.05, 4.69) is 62.2 Å². The third-order valence-electron chi connectivity index (χ3n) is 4.11. The molecule has 1 aliphatic heterocycles. The maximum Gasteiger partial charge on any atom is 0.120 e. The monoisotopic (exact) mass is 304 g/mol. The summed E-state index contributed by atoms with van der Waals surface area (Å²) in [6.45, 7) is 13.0. The Labute approximate surface area is 136 Å². The Kier molecular flexibility index (Phi) is 6.27. The molecule has 2 rings (SSSR count). The number of hydrogen-bond donors (Lipinski definition) is 1. The molecule has 3 nitrogen and oxygen atoms in total. The summed E-state index contributed by atoms with van der Waals surface area (Å²) in [4.78, 5) is 2.63. The molecule has 0 aliphatic carbocycles. The Morgan fingerprint density at radius 3 is 2.32 bits per heavy atom. The third-order valence-corrected chi connectivity index (χ3v) is 4.11. The summed E-state index contributed by atoms with van der Waals surface area (Å²) >= 11 is 0. The molecule has 0 unspecified atom stereocenters. The fourth-order valence-corrected chi connectivity index (χ4v) is 3.06. The Morgan fingerprint density at radius 2 is 1.77 bits per heavy atom. The van der Waals surface area contributed by atoms with Crippen LogP contribution in [0.25, 0.3) is 0 Å². The van der Waals surface area contributed by atoms with Gasteiger partial charge in [0.2, 0.25) is 0 Å². The average Bonchev–Trinajstić information content (AvgIpc) is 2.49. The lowest BCUT2D eigenvalue weighted by atomic mass is 9.98. The Hall–Kier alpha value is -1.06. The second-order valence-corrected chi connectivity index (χ2v) is 7.23. The molecule has 1 saturated heterocycles. The highest BCUT2D eigenvalue weighted by molar-refractivity contribution is 5.29. The molecule has 1 atom stereocenters. The Bertz CT molecular complexity index is 430. The van der Waals surface area contributed by atoms with Crippen LogP contribution >= 0.6 is 0 Å². The van der Waals surface area contributed by atoms with Crippen molar-refractivity contribution in [2.24, 2.45) is 0 Å². The summed E-state index contributed by atoms with van der Waals surface area (Å²) in [7, 11) is 0. The van der Waals surface area contributed by atoms with E-state index in [0.29, 0.717) is 6.04 Å². The van der Waals surface area contributed by atoms with Crippen molar-refractivity contribution in [2.45, 2.75) is 58.6 Å². The molecule has 22 heavy (non-hydrogen) atoms. The van der Waals surface area contributed by atoms with Crippen molar-refractivity contribution in [3.8, 4) is 5.75 Å². The Balaban J connectivity index is 2.09. The van der Waals surface area contributed by atoms with Crippen molar-refractivity contribution < 1.29 is 4.74 Å². The van der Waals surface area contributed by atoms with Gasteiger partial charge in [0.1, 0.15) is 11.4 Å². The van der Waals surface area contributed by atoms with Gasteiger partial charge in [0.05, 0.1) is 0 Å². The maximum absolute atomic E-state index is 5.94. The van der Waals surface area contributed by atoms with Gasteiger partial charge in [-0.05, 0) is 44.9 Å². The molecular formula is C19H32N2O. The molecule has 0 spiro atoms. The number of nitrogens with zero attached hydrogens (tertiary/aromatic N) is 1. The third kappa shape index (κ3) is 5.29. The van der Waals surface area contributed by atoms with Crippen molar-refractivity contribution >= 4 is 0 Å². The fraction of sp³-hybridized carbons (Fsp3) is 0.684. The molecule has 0 aromatic heterocycles. The fourth-order valence-electron chi connectivity index (χ4n) is 3.06. The van der Waals surface area contributed by atoms with Gasteiger partial charge < -0.3 is 10.1 Å². The number of benzene rings is 1. The predicted octanol–water partition coefficient (Wildman–Crippen LogP) is 4.00. The van der Waals surface area contributed by atoms with Gasteiger partial charge in [-0.2, -0.15) is 0 Å². The van der Waals surface area contributed by atoms with E-state index in [1.807, 2.05) is 0 Å². The van der Waals surface area contributed by atoms with Crippen molar-refractivity contribution in [1.29, 1.82) is 0 Å². The zero-order valence-corrected chi connectivity index (χ0v) is 14.7. The summed E-state index contributed by atoms with van der Waals surface area (Å²) in [5.41, 5.74) is 1.29. The molecule has 1 heterocycles. The molecule has 1 aliphatic rings. The minimum atomic E-state index is -0.137. The molecule has 3 heteroatoms. The lowest BCUT2D eigenvalue weighted by Crippen LogP contribution is -2.45. The smallest absolute Gasteiger partial charge is 0.120 e. The minimum Gasteiger partial charge on any atom is -0.488 e. The number of rotatable bonds is 6. The van der Waals surface area contributed by atoms with E-state index in [4.69, 9.17) is 4.74 Å². The number of unbranched alkanes of at least 4 members (excludes halogenated alkanes) is 1. The largest absolute Gasteiger partial charge is 0.488 e. The summed E-state index contributed by atoms with van der Waals surface area (Å²) in [5.74, 6) is 0.964. The Morgan fingerprint density at radius 1 is 1.14 bits per heavy atom. The maximum atomic E-state index is 5.94. The number of nitrogens with one attached hydrogen (secondary N) is 1. The second-order valence-electron chi connectivity index (χ2n) is 7.23. The standard InChI is InChI=1S/C19H32N2O/c1-5-6-7-18(21-14-12-20-13-15-21)16-8-10-17(11-9-16)22-19(2,3)4/h8-11,18,20H,5-7,12-15H2,1-4H3/t18-/m0/s1. The first-order chi connectivity index (χ1) is 10.5. The van der Waals surface area contributed by atoms with Gasteiger partial charge in [-0.1, -0.05) is 31.9 Å². The van der Waals surface area contributed by atoms with E-state index < -0.39 is 0 Å². The number of hydrogen-bond acceptors (Lipinski definition) is 3. The van der Waals surface area contributed by atoms with Crippen molar-refractivity contribution in [2.75, 3.05) is 26.2 Å². The van der Waals surface area contributed by atoms with Crippen LogP contribution in [0.5, 0.6) is 5.75 Å². The van der Waals surface area contributed by atoms with Gasteiger partial charge in [0.25, 0.3) is 0 Å². The molecule has 0 amide bonds. The lowest BCUT2D eigenvalue weighted by molar-refractivity contribution is 0.130. The first-order valence-electron chi connectivity index (χ1n) is 8.73. The average molecular weight is 304 g/mol. The number of ether oxygens (including phenoxy) is 1. The zero-order valence-electron chi connectivity index (χ0n) is 14.7. The van der Waals surface area contributed by atoms with Gasteiger partial charge >= 0.3 is 0 Å². The highest BCUT2D eigenvalue weighted by Gasteiger charge is 2.22. The molecule has 0 bridgehead atoms. The van der Waals surface area contributed by atoms with Crippen LogP contribution in [0, 0.1) is 0 Å². The van der Waals surface area contributed by atoms with Crippen LogP contribution in [-0.4, -0.2) is 36.7 Å². The number of piperazine rings is 1. The normalized spacial score (nSPS) is 18.2. The first-order valence-corrected chi connectivity index (χ1v) is 8.73. The highest BCUT2D eigenvalue weighted by atomic mass is 16.5. The van der Waals surface area contributed by atoms with Gasteiger partial charge in [0.15, 0.2) is 0 Å². The molecule has 1 aromatic carbocycles. The first kappa shape index (κ1) is 17.3. The van der Waals surface area contributed by atoms with Crippen LogP contribution in [0.4, 0.5) is 0 Å². The van der Waals surface area contributed by atoms with Crippen molar-refractivity contribution in [1.82, 2.24) is 10.2 Å². The molecular weight excluding hydrogens is 272 g/mol. The quantitative estimate of drug-likeness (QED) is 0.859. The van der Waals surface area contributed by atoms with E-state index in [1.165, 1.54) is 24.8 Å². The van der Waals surface area contributed by atoms with E-state index in [9.17, 15) is 0 Å². The van der Waals surface area contributed by atoms with Gasteiger partial charge in [0, 0.05) is 32.2 Å². The van der Waals surface area contributed by atoms with Gasteiger partial charge in [-0.25, -0.2) is 0 Å². The summed E-state index contributed by atoms with van der Waals surface area (Å²) in [6, 6.07) is 9.31. The van der Waals surface area contributed by atoms with Crippen LogP contribution in [0.15, 0.2) is 24.3 Å². The minimum absolute atomic E-state index is 0.137. The van der Waals surface area contributed by atoms with Crippen LogP contribution in [-0.2, 0) is 0 Å². The zero-order chi connectivity index (χ0) is 16.0. The van der Waals surface area contributed by atoms with Crippen LogP contribution in [0.1, 0.15) is 58.6 Å². The summed E-state index contributed by atoms with van der Waals surface area (Å²) < 4.78 is 5.94. The molecule has 1 aromatic rings. The molecule has 1 N–H and O–H groups in total. The van der Waals surface area contributed by atoms with Crippen LogP contribution in [0.3, 0.4) is 0 Å². The van der Waals surface area contributed by atoms with E-state index in [1.54, 1.807) is 0 Å². The van der Waals surface area contributed by atoms with Gasteiger partial charge in [-0.15, -0.1) is 0 Å².